The fourth-order valence-corrected chi connectivity index (χ4v) is 2.32. The zero-order chi connectivity index (χ0) is 13.3. The van der Waals surface area contributed by atoms with Gasteiger partial charge in [-0.1, -0.05) is 28.1 Å². The van der Waals surface area contributed by atoms with Gasteiger partial charge in [-0.3, -0.25) is 9.59 Å². The van der Waals surface area contributed by atoms with Crippen LogP contribution in [0.2, 0.25) is 0 Å². The molecule has 1 aliphatic rings. The van der Waals surface area contributed by atoms with Crippen molar-refractivity contribution in [1.82, 2.24) is 5.32 Å². The third-order valence-electron chi connectivity index (χ3n) is 2.94. The third-order valence-corrected chi connectivity index (χ3v) is 3.47. The molecule has 0 saturated carbocycles. The number of rotatable bonds is 2. The van der Waals surface area contributed by atoms with Gasteiger partial charge in [0.05, 0.1) is 5.57 Å². The van der Waals surface area contributed by atoms with Crippen molar-refractivity contribution in [3.8, 4) is 0 Å². The highest BCUT2D eigenvalue weighted by Crippen LogP contribution is 2.30. The van der Waals surface area contributed by atoms with Crippen LogP contribution in [0.3, 0.4) is 0 Å². The highest BCUT2D eigenvalue weighted by atomic mass is 79.9. The summed E-state index contributed by atoms with van der Waals surface area (Å²) in [6.45, 7) is 1.68. The zero-order valence-corrected chi connectivity index (χ0v) is 11.3. The Morgan fingerprint density at radius 3 is 2.56 bits per heavy atom. The molecule has 1 atom stereocenters. The Bertz CT molecular complexity index is 534. The first-order valence-corrected chi connectivity index (χ1v) is 6.27. The first-order valence-electron chi connectivity index (χ1n) is 5.48. The number of hydrogen-bond donors (Lipinski definition) is 2. The van der Waals surface area contributed by atoms with E-state index < -0.39 is 11.7 Å². The highest BCUT2D eigenvalue weighted by molar-refractivity contribution is 9.10. The van der Waals surface area contributed by atoms with E-state index in [0.717, 1.165) is 10.0 Å². The Morgan fingerprint density at radius 2 is 2.00 bits per heavy atom. The smallest absolute Gasteiger partial charge is 0.286 e. The summed E-state index contributed by atoms with van der Waals surface area (Å²) in [5, 5.41) is 12.3. The standard InChI is InChI=1S/C13H12BrNO3/c1-7(16)11-10(6-15-13(18)12(11)17)8-2-4-9(14)5-3-8/h2-5,10,17H,6H2,1H3,(H,15,18). The summed E-state index contributed by atoms with van der Waals surface area (Å²) in [7, 11) is 0. The van der Waals surface area contributed by atoms with Crippen LogP contribution in [0.15, 0.2) is 40.1 Å². The van der Waals surface area contributed by atoms with Crippen LogP contribution < -0.4 is 5.32 Å². The fourth-order valence-electron chi connectivity index (χ4n) is 2.06. The van der Waals surface area contributed by atoms with Crippen LogP contribution in [0.5, 0.6) is 0 Å². The molecule has 0 saturated heterocycles. The quantitative estimate of drug-likeness (QED) is 0.879. The number of nitrogens with one attached hydrogen (secondary N) is 1. The van der Waals surface area contributed by atoms with Crippen molar-refractivity contribution in [3.05, 3.63) is 45.6 Å². The lowest BCUT2D eigenvalue weighted by molar-refractivity contribution is -0.122. The first kappa shape index (κ1) is 12.8. The van der Waals surface area contributed by atoms with Gasteiger partial charge >= 0.3 is 0 Å². The van der Waals surface area contributed by atoms with Gasteiger partial charge in [0, 0.05) is 16.9 Å². The highest BCUT2D eigenvalue weighted by Gasteiger charge is 2.31. The molecule has 2 rings (SSSR count). The van der Waals surface area contributed by atoms with Gasteiger partial charge in [-0.25, -0.2) is 0 Å². The molecule has 4 nitrogen and oxygen atoms in total. The van der Waals surface area contributed by atoms with Gasteiger partial charge in [0.25, 0.3) is 5.91 Å². The van der Waals surface area contributed by atoms with E-state index in [1.54, 1.807) is 0 Å². The molecule has 0 fully saturated rings. The lowest BCUT2D eigenvalue weighted by atomic mass is 9.86. The number of aliphatic hydroxyl groups is 1. The van der Waals surface area contributed by atoms with E-state index in [1.807, 2.05) is 24.3 Å². The maximum Gasteiger partial charge on any atom is 0.286 e. The maximum absolute atomic E-state index is 11.6. The van der Waals surface area contributed by atoms with Crippen LogP contribution >= 0.6 is 15.9 Å². The van der Waals surface area contributed by atoms with Gasteiger partial charge in [-0.2, -0.15) is 0 Å². The van der Waals surface area contributed by atoms with Gasteiger partial charge in [-0.15, -0.1) is 0 Å². The second-order valence-electron chi connectivity index (χ2n) is 4.13. The summed E-state index contributed by atoms with van der Waals surface area (Å²) < 4.78 is 0.934. The molecule has 2 N–H and O–H groups in total. The Labute approximate surface area is 113 Å². The summed E-state index contributed by atoms with van der Waals surface area (Å²) >= 11 is 3.34. The van der Waals surface area contributed by atoms with E-state index in [4.69, 9.17) is 0 Å². The van der Waals surface area contributed by atoms with E-state index >= 15 is 0 Å². The van der Waals surface area contributed by atoms with E-state index in [1.165, 1.54) is 6.92 Å². The van der Waals surface area contributed by atoms with E-state index in [-0.39, 0.29) is 17.3 Å². The predicted molar refractivity (Wildman–Crippen MR) is 70.2 cm³/mol. The number of amides is 1. The van der Waals surface area contributed by atoms with Crippen molar-refractivity contribution in [2.75, 3.05) is 6.54 Å². The van der Waals surface area contributed by atoms with Crippen molar-refractivity contribution in [2.45, 2.75) is 12.8 Å². The zero-order valence-electron chi connectivity index (χ0n) is 9.74. The number of benzene rings is 1. The molecule has 0 bridgehead atoms. The van der Waals surface area contributed by atoms with Gasteiger partial charge in [0.15, 0.2) is 11.5 Å². The van der Waals surface area contributed by atoms with Crippen molar-refractivity contribution in [1.29, 1.82) is 0 Å². The molecule has 0 radical (unpaired) electrons. The molecule has 1 aliphatic heterocycles. The first-order chi connectivity index (χ1) is 8.50. The molecule has 1 amide bonds. The Hall–Kier alpha value is -1.62. The number of carbonyl (C=O) groups excluding carboxylic acids is 2. The van der Waals surface area contributed by atoms with Crippen LogP contribution in [-0.2, 0) is 9.59 Å². The van der Waals surface area contributed by atoms with Crippen LogP contribution in [0, 0.1) is 0 Å². The lowest BCUT2D eigenvalue weighted by Crippen LogP contribution is -2.38. The minimum atomic E-state index is -0.589. The monoisotopic (exact) mass is 309 g/mol. The molecule has 0 aromatic heterocycles. The number of carbonyl (C=O) groups is 2. The molecule has 1 heterocycles. The third kappa shape index (κ3) is 2.31. The van der Waals surface area contributed by atoms with Crippen molar-refractivity contribution in [2.24, 2.45) is 0 Å². The molecular formula is C13H12BrNO3. The second kappa shape index (κ2) is 4.94. The fraction of sp³-hybridized carbons (Fsp3) is 0.231. The molecule has 0 spiro atoms. The largest absolute Gasteiger partial charge is 0.503 e. The molecule has 94 valence electrons. The average Bonchev–Trinajstić information content (AvgIpc) is 2.33. The van der Waals surface area contributed by atoms with Crippen molar-refractivity contribution < 1.29 is 14.7 Å². The van der Waals surface area contributed by atoms with Crippen LogP contribution in [-0.4, -0.2) is 23.3 Å². The van der Waals surface area contributed by atoms with Crippen LogP contribution in [0.1, 0.15) is 18.4 Å². The van der Waals surface area contributed by atoms with E-state index in [2.05, 4.69) is 21.2 Å². The Kier molecular flexibility index (Phi) is 3.52. The Morgan fingerprint density at radius 1 is 1.39 bits per heavy atom. The van der Waals surface area contributed by atoms with Gasteiger partial charge in [0.1, 0.15) is 0 Å². The number of halogens is 1. The minimum Gasteiger partial charge on any atom is -0.503 e. The molecule has 18 heavy (non-hydrogen) atoms. The molecule has 1 unspecified atom stereocenters. The van der Waals surface area contributed by atoms with Crippen molar-refractivity contribution in [3.63, 3.8) is 0 Å². The summed E-state index contributed by atoms with van der Waals surface area (Å²) in [6.07, 6.45) is 0. The summed E-state index contributed by atoms with van der Waals surface area (Å²) in [4.78, 5) is 23.0. The topological polar surface area (TPSA) is 66.4 Å². The molecule has 1 aromatic rings. The summed E-state index contributed by atoms with van der Waals surface area (Å²) in [6, 6.07) is 7.45. The van der Waals surface area contributed by atoms with Crippen LogP contribution in [0.25, 0.3) is 0 Å². The molecule has 1 aromatic carbocycles. The number of Topliss-reactive ketones (excluding diaryl/α,β-unsaturated/α-hetero) is 1. The summed E-state index contributed by atoms with van der Waals surface area (Å²) in [5.74, 6) is -1.64. The van der Waals surface area contributed by atoms with Gasteiger partial charge in [-0.05, 0) is 24.6 Å². The summed E-state index contributed by atoms with van der Waals surface area (Å²) in [5.41, 5.74) is 1.07. The van der Waals surface area contributed by atoms with Crippen LogP contribution in [0.4, 0.5) is 0 Å². The average molecular weight is 310 g/mol. The predicted octanol–water partition coefficient (Wildman–Crippen LogP) is 2.06. The SMILES string of the molecule is CC(=O)C1=C(O)C(=O)NCC1c1ccc(Br)cc1. The Balaban J connectivity index is 2.47. The number of hydrogen-bond acceptors (Lipinski definition) is 3. The van der Waals surface area contributed by atoms with E-state index in [0.29, 0.717) is 6.54 Å². The van der Waals surface area contributed by atoms with Crippen molar-refractivity contribution >= 4 is 27.6 Å². The van der Waals surface area contributed by atoms with Gasteiger partial charge < -0.3 is 10.4 Å². The molecule has 5 heteroatoms. The number of aliphatic hydroxyl groups excluding tert-OH is 1. The normalized spacial score (nSPS) is 19.7. The second-order valence-corrected chi connectivity index (χ2v) is 5.05. The lowest BCUT2D eigenvalue weighted by Gasteiger charge is -2.25. The molecule has 0 aliphatic carbocycles. The molecular weight excluding hydrogens is 298 g/mol. The maximum atomic E-state index is 11.6. The van der Waals surface area contributed by atoms with Gasteiger partial charge in [0.2, 0.25) is 0 Å². The minimum absolute atomic E-state index is 0.182. The number of ketones is 1. The van der Waals surface area contributed by atoms with E-state index in [9.17, 15) is 14.7 Å².